The molecule has 4 aromatic rings. The summed E-state index contributed by atoms with van der Waals surface area (Å²) in [5.74, 6) is 1.12. The molecule has 2 atom stereocenters. The van der Waals surface area contributed by atoms with Crippen LogP contribution in [0.25, 0.3) is 5.69 Å². The minimum atomic E-state index is -1.09. The Morgan fingerprint density at radius 1 is 1.10 bits per heavy atom. The molecule has 8 nitrogen and oxygen atoms in total. The first kappa shape index (κ1) is 19.2. The fourth-order valence-electron chi connectivity index (χ4n) is 3.77. The Labute approximate surface area is 177 Å². The van der Waals surface area contributed by atoms with Gasteiger partial charge in [-0.1, -0.05) is 41.6 Å². The van der Waals surface area contributed by atoms with Crippen molar-refractivity contribution in [1.29, 1.82) is 0 Å². The molecule has 31 heavy (non-hydrogen) atoms. The lowest BCUT2D eigenvalue weighted by Crippen LogP contribution is -2.29. The second kappa shape index (κ2) is 8.17. The van der Waals surface area contributed by atoms with Crippen molar-refractivity contribution in [3.05, 3.63) is 101 Å². The van der Waals surface area contributed by atoms with E-state index in [1.807, 2.05) is 54.6 Å². The third-order valence-electron chi connectivity index (χ3n) is 5.25. The second-order valence-electron chi connectivity index (χ2n) is 7.26. The van der Waals surface area contributed by atoms with Crippen LogP contribution in [0.3, 0.4) is 0 Å². The standard InChI is InChI=1S/C23H20N4O4/c28-22(19-14-17(12-13-24-19)30-16-7-2-1-3-8-16)25-18-11-10-15-6-4-5-9-20(15)27-21(18)26-31-23(27)29/h1-9,12-14,18,22,25,28H,10-11H2. The number of aromatic nitrogens is 3. The Kier molecular flexibility index (Phi) is 5.07. The minimum Gasteiger partial charge on any atom is -0.457 e. The molecule has 0 aliphatic carbocycles. The van der Waals surface area contributed by atoms with Gasteiger partial charge in [-0.15, -0.1) is 0 Å². The van der Waals surface area contributed by atoms with Gasteiger partial charge in [-0.3, -0.25) is 14.8 Å². The van der Waals surface area contributed by atoms with E-state index in [0.717, 1.165) is 11.3 Å². The molecule has 1 aliphatic rings. The van der Waals surface area contributed by atoms with E-state index in [1.165, 1.54) is 4.57 Å². The fourth-order valence-corrected chi connectivity index (χ4v) is 3.77. The molecule has 0 amide bonds. The van der Waals surface area contributed by atoms with Gasteiger partial charge in [0, 0.05) is 12.3 Å². The zero-order chi connectivity index (χ0) is 21.2. The van der Waals surface area contributed by atoms with E-state index >= 15 is 0 Å². The maximum absolute atomic E-state index is 12.3. The van der Waals surface area contributed by atoms with Crippen LogP contribution in [-0.2, 0) is 6.42 Å². The van der Waals surface area contributed by atoms with Crippen LogP contribution in [0, 0.1) is 0 Å². The van der Waals surface area contributed by atoms with Gasteiger partial charge in [0.25, 0.3) is 0 Å². The van der Waals surface area contributed by atoms with Gasteiger partial charge in [-0.25, -0.2) is 9.36 Å². The van der Waals surface area contributed by atoms with E-state index in [0.29, 0.717) is 35.9 Å². The van der Waals surface area contributed by atoms with Gasteiger partial charge in [-0.2, -0.15) is 0 Å². The predicted molar refractivity (Wildman–Crippen MR) is 112 cm³/mol. The number of aliphatic hydroxyl groups is 1. The molecule has 5 rings (SSSR count). The summed E-state index contributed by atoms with van der Waals surface area (Å²) in [7, 11) is 0. The van der Waals surface area contributed by atoms with Crippen LogP contribution in [0.5, 0.6) is 11.5 Å². The second-order valence-corrected chi connectivity index (χ2v) is 7.26. The molecule has 0 saturated heterocycles. The average Bonchev–Trinajstić information content (AvgIpc) is 3.10. The number of para-hydroxylation sites is 2. The fraction of sp³-hybridized carbons (Fsp3) is 0.174. The summed E-state index contributed by atoms with van der Waals surface area (Å²) >= 11 is 0. The third kappa shape index (κ3) is 3.86. The van der Waals surface area contributed by atoms with Gasteiger partial charge in [0.2, 0.25) is 0 Å². The summed E-state index contributed by atoms with van der Waals surface area (Å²) in [5, 5.41) is 17.9. The van der Waals surface area contributed by atoms with Crippen LogP contribution >= 0.6 is 0 Å². The molecular weight excluding hydrogens is 396 g/mol. The Hall–Kier alpha value is -3.75. The molecule has 2 aromatic carbocycles. The van der Waals surface area contributed by atoms with E-state index in [1.54, 1.807) is 18.3 Å². The molecule has 2 aromatic heterocycles. The number of hydrogen-bond acceptors (Lipinski definition) is 7. The zero-order valence-corrected chi connectivity index (χ0v) is 16.5. The number of nitrogens with zero attached hydrogens (tertiary/aromatic N) is 3. The number of aliphatic hydroxyl groups excluding tert-OH is 1. The highest BCUT2D eigenvalue weighted by Gasteiger charge is 2.29. The van der Waals surface area contributed by atoms with E-state index < -0.39 is 18.0 Å². The van der Waals surface area contributed by atoms with Crippen LogP contribution < -0.4 is 15.8 Å². The van der Waals surface area contributed by atoms with Gasteiger partial charge >= 0.3 is 5.76 Å². The van der Waals surface area contributed by atoms with Gasteiger partial charge in [0.05, 0.1) is 17.4 Å². The number of aryl methyl sites for hydroxylation is 1. The number of benzene rings is 2. The Morgan fingerprint density at radius 3 is 2.77 bits per heavy atom. The van der Waals surface area contributed by atoms with Crippen LogP contribution in [0.2, 0.25) is 0 Å². The minimum absolute atomic E-state index is 0.396. The van der Waals surface area contributed by atoms with Crippen molar-refractivity contribution in [1.82, 2.24) is 20.0 Å². The van der Waals surface area contributed by atoms with Gasteiger partial charge in [-0.05, 0) is 42.7 Å². The van der Waals surface area contributed by atoms with Gasteiger partial charge < -0.3 is 9.84 Å². The third-order valence-corrected chi connectivity index (χ3v) is 5.25. The molecule has 0 saturated carbocycles. The SMILES string of the molecule is O=c1onc2n1-c1ccccc1CCC2NC(O)c1cc(Oc2ccccc2)ccn1. The van der Waals surface area contributed by atoms with Crippen LogP contribution in [-0.4, -0.2) is 19.8 Å². The van der Waals surface area contributed by atoms with Crippen LogP contribution in [0.1, 0.15) is 35.8 Å². The number of fused-ring (bicyclic) bond motifs is 3. The van der Waals surface area contributed by atoms with E-state index in [-0.39, 0.29) is 0 Å². The lowest BCUT2D eigenvalue weighted by Gasteiger charge is -2.20. The monoisotopic (exact) mass is 416 g/mol. The van der Waals surface area contributed by atoms with Crippen molar-refractivity contribution in [3.8, 4) is 17.2 Å². The van der Waals surface area contributed by atoms with E-state index in [2.05, 4.69) is 15.5 Å². The first-order chi connectivity index (χ1) is 15.2. The first-order valence-corrected chi connectivity index (χ1v) is 9.99. The molecule has 3 heterocycles. The molecular formula is C23H20N4O4. The van der Waals surface area contributed by atoms with Crippen molar-refractivity contribution >= 4 is 0 Å². The largest absolute Gasteiger partial charge is 0.457 e. The van der Waals surface area contributed by atoms with Crippen LogP contribution in [0.15, 0.2) is 82.2 Å². The number of pyridine rings is 1. The van der Waals surface area contributed by atoms with Crippen LogP contribution in [0.4, 0.5) is 0 Å². The van der Waals surface area contributed by atoms with Crippen molar-refractivity contribution in [2.24, 2.45) is 0 Å². The smallest absolute Gasteiger partial charge is 0.446 e. The number of nitrogens with one attached hydrogen (secondary N) is 1. The summed E-state index contributed by atoms with van der Waals surface area (Å²) < 4.78 is 12.2. The van der Waals surface area contributed by atoms with Gasteiger partial charge in [0.1, 0.15) is 17.7 Å². The summed E-state index contributed by atoms with van der Waals surface area (Å²) in [5.41, 5.74) is 2.16. The predicted octanol–water partition coefficient (Wildman–Crippen LogP) is 3.28. The Bertz CT molecular complexity index is 1250. The molecule has 2 unspecified atom stereocenters. The van der Waals surface area contributed by atoms with Crippen molar-refractivity contribution < 1.29 is 14.4 Å². The average molecular weight is 416 g/mol. The molecule has 0 spiro atoms. The first-order valence-electron chi connectivity index (χ1n) is 9.99. The highest BCUT2D eigenvalue weighted by atomic mass is 16.5. The van der Waals surface area contributed by atoms with Crippen molar-refractivity contribution in [2.45, 2.75) is 25.1 Å². The maximum Gasteiger partial charge on any atom is 0.446 e. The van der Waals surface area contributed by atoms with E-state index in [9.17, 15) is 9.90 Å². The number of ether oxygens (including phenoxy) is 1. The molecule has 0 bridgehead atoms. The summed E-state index contributed by atoms with van der Waals surface area (Å²) in [4.78, 5) is 16.6. The Morgan fingerprint density at radius 2 is 1.90 bits per heavy atom. The van der Waals surface area contributed by atoms with E-state index in [4.69, 9.17) is 9.26 Å². The number of hydrogen-bond donors (Lipinski definition) is 2. The Balaban J connectivity index is 1.39. The lowest BCUT2D eigenvalue weighted by atomic mass is 10.1. The number of rotatable bonds is 5. The lowest BCUT2D eigenvalue weighted by molar-refractivity contribution is 0.114. The molecule has 0 radical (unpaired) electrons. The highest BCUT2D eigenvalue weighted by molar-refractivity contribution is 5.43. The molecule has 8 heteroatoms. The molecule has 2 N–H and O–H groups in total. The molecule has 1 aliphatic heterocycles. The normalized spacial score (nSPS) is 16.1. The maximum atomic E-state index is 12.3. The summed E-state index contributed by atoms with van der Waals surface area (Å²) in [6.07, 6.45) is 1.83. The quantitative estimate of drug-likeness (QED) is 0.481. The summed E-state index contributed by atoms with van der Waals surface area (Å²) in [6.45, 7) is 0. The van der Waals surface area contributed by atoms with Gasteiger partial charge in [0.15, 0.2) is 5.82 Å². The topological polar surface area (TPSA) is 102 Å². The molecule has 156 valence electrons. The van der Waals surface area contributed by atoms with Crippen molar-refractivity contribution in [3.63, 3.8) is 0 Å². The zero-order valence-electron chi connectivity index (χ0n) is 16.5. The molecule has 0 fully saturated rings. The summed E-state index contributed by atoms with van der Waals surface area (Å²) in [6, 6.07) is 20.0. The van der Waals surface area contributed by atoms with Crippen molar-refractivity contribution in [2.75, 3.05) is 0 Å². The highest BCUT2D eigenvalue weighted by Crippen LogP contribution is 2.29.